The van der Waals surface area contributed by atoms with Crippen molar-refractivity contribution in [2.45, 2.75) is 20.0 Å². The van der Waals surface area contributed by atoms with Gasteiger partial charge >= 0.3 is 5.97 Å². The van der Waals surface area contributed by atoms with Gasteiger partial charge in [0, 0.05) is 14.1 Å². The lowest BCUT2D eigenvalue weighted by atomic mass is 10.1. The molecule has 0 aliphatic rings. The topological polar surface area (TPSA) is 70.4 Å². The largest absolute Gasteiger partial charge is 0.448 e. The maximum Gasteiger partial charge on any atom is 0.349 e. The first kappa shape index (κ1) is 16.4. The van der Waals surface area contributed by atoms with Gasteiger partial charge in [0.05, 0.1) is 0 Å². The first-order valence-electron chi connectivity index (χ1n) is 6.45. The molecule has 0 spiro atoms. The molecule has 110 valence electrons. The van der Waals surface area contributed by atoms with Gasteiger partial charge in [-0.05, 0) is 25.5 Å². The number of likely N-dealkylation sites (N-methyl/N-ethyl adjacent to an activating group) is 1. The molecule has 5 nitrogen and oxygen atoms in total. The Morgan fingerprint density at radius 2 is 1.86 bits per heavy atom. The average Bonchev–Trinajstić information content (AvgIpc) is 2.45. The minimum absolute atomic E-state index is 0.141. The highest BCUT2D eigenvalue weighted by Gasteiger charge is 2.21. The minimum atomic E-state index is -0.928. The van der Waals surface area contributed by atoms with Crippen molar-refractivity contribution in [2.24, 2.45) is 0 Å². The number of esters is 1. The molecule has 0 saturated heterocycles. The Morgan fingerprint density at radius 1 is 1.29 bits per heavy atom. The smallest absolute Gasteiger partial charge is 0.349 e. The average molecular weight is 286 g/mol. The van der Waals surface area contributed by atoms with Crippen LogP contribution in [0.25, 0.3) is 6.08 Å². The van der Waals surface area contributed by atoms with Crippen LogP contribution in [0.15, 0.2) is 29.8 Å². The molecule has 0 fully saturated rings. The number of aryl methyl sites for hydroxylation is 1. The van der Waals surface area contributed by atoms with E-state index in [2.05, 4.69) is 0 Å². The van der Waals surface area contributed by atoms with Gasteiger partial charge in [0.2, 0.25) is 0 Å². The van der Waals surface area contributed by atoms with Gasteiger partial charge in [-0.25, -0.2) is 4.79 Å². The van der Waals surface area contributed by atoms with Crippen LogP contribution >= 0.6 is 0 Å². The summed E-state index contributed by atoms with van der Waals surface area (Å²) in [5.74, 6) is -1.14. The SMILES string of the molecule is Cc1ccc(/C=C(\C#N)C(=O)O[C@H](C)C(=O)N(C)C)cc1. The van der Waals surface area contributed by atoms with Gasteiger partial charge in [0.15, 0.2) is 6.10 Å². The van der Waals surface area contributed by atoms with Crippen LogP contribution in [0.5, 0.6) is 0 Å². The summed E-state index contributed by atoms with van der Waals surface area (Å²) in [6.45, 7) is 3.42. The molecule has 1 aromatic rings. The molecule has 0 saturated carbocycles. The standard InChI is InChI=1S/C16H18N2O3/c1-11-5-7-13(8-6-11)9-14(10-17)16(20)21-12(2)15(19)18(3)4/h5-9,12H,1-4H3/b14-9+/t12-/m1/s1. The number of carbonyl (C=O) groups excluding carboxylic acids is 2. The molecule has 0 aliphatic heterocycles. The molecule has 5 heteroatoms. The number of nitriles is 1. The number of hydrogen-bond acceptors (Lipinski definition) is 4. The number of ether oxygens (including phenoxy) is 1. The molecule has 0 bridgehead atoms. The Balaban J connectivity index is 2.85. The van der Waals surface area contributed by atoms with Crippen LogP contribution in [-0.2, 0) is 14.3 Å². The Labute approximate surface area is 124 Å². The van der Waals surface area contributed by atoms with Crippen molar-refractivity contribution in [1.82, 2.24) is 4.90 Å². The van der Waals surface area contributed by atoms with Crippen molar-refractivity contribution in [3.05, 3.63) is 41.0 Å². The zero-order valence-electron chi connectivity index (χ0n) is 12.6. The second-order valence-corrected chi connectivity index (χ2v) is 4.86. The van der Waals surface area contributed by atoms with Crippen LogP contribution in [0.3, 0.4) is 0 Å². The lowest BCUT2D eigenvalue weighted by Gasteiger charge is -2.16. The molecule has 1 atom stereocenters. The molecule has 1 amide bonds. The maximum absolute atomic E-state index is 11.9. The van der Waals surface area contributed by atoms with Crippen molar-refractivity contribution in [2.75, 3.05) is 14.1 Å². The van der Waals surface area contributed by atoms with E-state index in [1.165, 1.54) is 17.9 Å². The highest BCUT2D eigenvalue weighted by atomic mass is 16.5. The third-order valence-electron chi connectivity index (χ3n) is 2.80. The normalized spacial score (nSPS) is 12.2. The van der Waals surface area contributed by atoms with Crippen molar-refractivity contribution >= 4 is 18.0 Å². The van der Waals surface area contributed by atoms with Crippen LogP contribution in [0.1, 0.15) is 18.1 Å². The number of nitrogens with zero attached hydrogens (tertiary/aromatic N) is 2. The fraction of sp³-hybridized carbons (Fsp3) is 0.312. The predicted octanol–water partition coefficient (Wildman–Crippen LogP) is 1.92. The summed E-state index contributed by atoms with van der Waals surface area (Å²) < 4.78 is 5.00. The van der Waals surface area contributed by atoms with Gasteiger partial charge in [-0.2, -0.15) is 5.26 Å². The van der Waals surface area contributed by atoms with E-state index >= 15 is 0 Å². The van der Waals surface area contributed by atoms with Crippen LogP contribution in [0.2, 0.25) is 0 Å². The molecule has 0 aliphatic carbocycles. The molecule has 21 heavy (non-hydrogen) atoms. The number of rotatable bonds is 4. The van der Waals surface area contributed by atoms with E-state index in [0.717, 1.165) is 11.1 Å². The second-order valence-electron chi connectivity index (χ2n) is 4.86. The van der Waals surface area contributed by atoms with Crippen LogP contribution < -0.4 is 0 Å². The van der Waals surface area contributed by atoms with Gasteiger partial charge in [-0.15, -0.1) is 0 Å². The number of hydrogen-bond donors (Lipinski definition) is 0. The van der Waals surface area contributed by atoms with Gasteiger partial charge in [0.25, 0.3) is 5.91 Å². The number of benzene rings is 1. The first-order valence-corrected chi connectivity index (χ1v) is 6.45. The van der Waals surface area contributed by atoms with E-state index in [9.17, 15) is 9.59 Å². The summed E-state index contributed by atoms with van der Waals surface area (Å²) in [7, 11) is 3.14. The van der Waals surface area contributed by atoms with Crippen molar-refractivity contribution < 1.29 is 14.3 Å². The minimum Gasteiger partial charge on any atom is -0.448 e. The van der Waals surface area contributed by atoms with Crippen molar-refractivity contribution in [3.63, 3.8) is 0 Å². The molecule has 1 aromatic carbocycles. The number of amides is 1. The summed E-state index contributed by atoms with van der Waals surface area (Å²) in [6, 6.07) is 9.16. The molecular weight excluding hydrogens is 268 g/mol. The molecule has 1 rings (SSSR count). The third-order valence-corrected chi connectivity index (χ3v) is 2.80. The third kappa shape index (κ3) is 4.77. The molecule has 0 N–H and O–H groups in total. The maximum atomic E-state index is 11.9. The van der Waals surface area contributed by atoms with Gasteiger partial charge in [-0.3, -0.25) is 4.79 Å². The zero-order valence-corrected chi connectivity index (χ0v) is 12.6. The van der Waals surface area contributed by atoms with E-state index < -0.39 is 12.1 Å². The van der Waals surface area contributed by atoms with E-state index in [-0.39, 0.29) is 11.5 Å². The fourth-order valence-electron chi connectivity index (χ4n) is 1.60. The first-order chi connectivity index (χ1) is 9.85. The van der Waals surface area contributed by atoms with E-state index in [1.807, 2.05) is 19.1 Å². The molecule has 0 unspecified atom stereocenters. The lowest BCUT2D eigenvalue weighted by molar-refractivity contribution is -0.154. The summed E-state index contributed by atoms with van der Waals surface area (Å²) in [5.41, 5.74) is 1.66. The Hall–Kier alpha value is -2.61. The van der Waals surface area contributed by atoms with Crippen molar-refractivity contribution in [3.8, 4) is 6.07 Å². The summed E-state index contributed by atoms with van der Waals surface area (Å²) in [5, 5.41) is 9.06. The lowest BCUT2D eigenvalue weighted by Crippen LogP contribution is -2.35. The summed E-state index contributed by atoms with van der Waals surface area (Å²) in [4.78, 5) is 24.9. The highest BCUT2D eigenvalue weighted by Crippen LogP contribution is 2.10. The Kier molecular flexibility index (Phi) is 5.67. The second kappa shape index (κ2) is 7.25. The highest BCUT2D eigenvalue weighted by molar-refractivity contribution is 5.99. The predicted molar refractivity (Wildman–Crippen MR) is 79.0 cm³/mol. The quantitative estimate of drug-likeness (QED) is 0.481. The Morgan fingerprint density at radius 3 is 2.33 bits per heavy atom. The monoisotopic (exact) mass is 286 g/mol. The fourth-order valence-corrected chi connectivity index (χ4v) is 1.60. The molecule has 0 radical (unpaired) electrons. The van der Waals surface area contributed by atoms with E-state index in [4.69, 9.17) is 10.00 Å². The van der Waals surface area contributed by atoms with E-state index in [0.29, 0.717) is 0 Å². The van der Waals surface area contributed by atoms with Gasteiger partial charge in [-0.1, -0.05) is 29.8 Å². The Bertz CT molecular complexity index is 595. The zero-order chi connectivity index (χ0) is 16.0. The summed E-state index contributed by atoms with van der Waals surface area (Å²) >= 11 is 0. The van der Waals surface area contributed by atoms with Gasteiger partial charge < -0.3 is 9.64 Å². The molecule has 0 aromatic heterocycles. The number of carbonyl (C=O) groups is 2. The van der Waals surface area contributed by atoms with E-state index in [1.54, 1.807) is 32.3 Å². The summed E-state index contributed by atoms with van der Waals surface area (Å²) in [6.07, 6.45) is 0.511. The van der Waals surface area contributed by atoms with Gasteiger partial charge in [0.1, 0.15) is 11.6 Å². The van der Waals surface area contributed by atoms with Crippen LogP contribution in [0, 0.1) is 18.3 Å². The molecular formula is C16H18N2O3. The van der Waals surface area contributed by atoms with Crippen LogP contribution in [-0.4, -0.2) is 37.0 Å². The molecule has 0 heterocycles. The van der Waals surface area contributed by atoms with Crippen LogP contribution in [0.4, 0.5) is 0 Å². The van der Waals surface area contributed by atoms with Crippen molar-refractivity contribution in [1.29, 1.82) is 5.26 Å².